The highest BCUT2D eigenvalue weighted by Crippen LogP contribution is 2.37. The second kappa shape index (κ2) is 8.21. The number of ether oxygens (including phenoxy) is 1. The highest BCUT2D eigenvalue weighted by Gasteiger charge is 2.34. The molecule has 1 fully saturated rings. The van der Waals surface area contributed by atoms with E-state index < -0.39 is 5.82 Å². The summed E-state index contributed by atoms with van der Waals surface area (Å²) < 4.78 is 22.5. The van der Waals surface area contributed by atoms with Gasteiger partial charge in [-0.15, -0.1) is 0 Å². The van der Waals surface area contributed by atoms with Crippen molar-refractivity contribution < 1.29 is 13.9 Å². The standard InChI is InChI=1S/C24H26FN7O2/c1-24(2)12-32(13-24)11-21(33)28-15-5-17(25)22(20(6-15)34-4)18-7-16-19(9-26-18)29-30-23(16)14-8-27-31(3)10-14/h5-10H,11-13H2,1-4H3,(H,28,33)(H,29,30). The maximum absolute atomic E-state index is 15.3. The first-order valence-electron chi connectivity index (χ1n) is 11.0. The molecule has 3 aromatic heterocycles. The van der Waals surface area contributed by atoms with Gasteiger partial charge < -0.3 is 10.1 Å². The minimum Gasteiger partial charge on any atom is -0.496 e. The number of hydrogen-bond acceptors (Lipinski definition) is 6. The highest BCUT2D eigenvalue weighted by atomic mass is 19.1. The summed E-state index contributed by atoms with van der Waals surface area (Å²) in [5.74, 6) is -0.458. The second-order valence-electron chi connectivity index (χ2n) is 9.48. The van der Waals surface area contributed by atoms with Crippen LogP contribution in [0.3, 0.4) is 0 Å². The molecular weight excluding hydrogens is 437 g/mol. The van der Waals surface area contributed by atoms with Crippen LogP contribution in [0.1, 0.15) is 13.8 Å². The smallest absolute Gasteiger partial charge is 0.238 e. The molecule has 5 rings (SSSR count). The molecule has 176 valence electrons. The number of benzene rings is 1. The number of halogens is 1. The van der Waals surface area contributed by atoms with E-state index in [1.807, 2.05) is 13.2 Å². The van der Waals surface area contributed by atoms with E-state index >= 15 is 4.39 Å². The zero-order valence-electron chi connectivity index (χ0n) is 19.5. The molecule has 0 spiro atoms. The molecule has 0 bridgehead atoms. The van der Waals surface area contributed by atoms with Crippen molar-refractivity contribution in [3.63, 3.8) is 0 Å². The zero-order valence-corrected chi connectivity index (χ0v) is 19.5. The Morgan fingerprint density at radius 1 is 1.26 bits per heavy atom. The van der Waals surface area contributed by atoms with Crippen LogP contribution < -0.4 is 10.1 Å². The first-order chi connectivity index (χ1) is 16.2. The van der Waals surface area contributed by atoms with Gasteiger partial charge in [-0.25, -0.2) is 4.39 Å². The van der Waals surface area contributed by atoms with Crippen molar-refractivity contribution in [1.29, 1.82) is 0 Å². The third kappa shape index (κ3) is 4.12. The van der Waals surface area contributed by atoms with Gasteiger partial charge in [0.15, 0.2) is 0 Å². The summed E-state index contributed by atoms with van der Waals surface area (Å²) in [5, 5.41) is 15.1. The van der Waals surface area contributed by atoms with Gasteiger partial charge in [0.25, 0.3) is 0 Å². The van der Waals surface area contributed by atoms with E-state index in [1.165, 1.54) is 13.2 Å². The fraction of sp³-hybridized carbons (Fsp3) is 0.333. The van der Waals surface area contributed by atoms with Crippen LogP contribution in [0, 0.1) is 11.2 Å². The number of methoxy groups -OCH3 is 1. The summed E-state index contributed by atoms with van der Waals surface area (Å²) in [4.78, 5) is 18.9. The Kier molecular flexibility index (Phi) is 5.32. The summed E-state index contributed by atoms with van der Waals surface area (Å²) >= 11 is 0. The number of aromatic amines is 1. The molecular formula is C24H26FN7O2. The average molecular weight is 464 g/mol. The second-order valence-corrected chi connectivity index (χ2v) is 9.48. The van der Waals surface area contributed by atoms with E-state index in [-0.39, 0.29) is 29.2 Å². The quantitative estimate of drug-likeness (QED) is 0.454. The first-order valence-corrected chi connectivity index (χ1v) is 11.0. The van der Waals surface area contributed by atoms with E-state index in [0.717, 1.165) is 29.6 Å². The van der Waals surface area contributed by atoms with Crippen molar-refractivity contribution in [2.75, 3.05) is 32.1 Å². The lowest BCUT2D eigenvalue weighted by molar-refractivity contribution is -0.120. The molecule has 1 aliphatic heterocycles. The number of nitrogens with one attached hydrogen (secondary N) is 2. The summed E-state index contributed by atoms with van der Waals surface area (Å²) in [5.41, 5.74) is 3.44. The van der Waals surface area contributed by atoms with Gasteiger partial charge in [0.05, 0.1) is 42.8 Å². The predicted molar refractivity (Wildman–Crippen MR) is 127 cm³/mol. The topological polar surface area (TPSA) is 101 Å². The molecule has 9 nitrogen and oxygen atoms in total. The lowest BCUT2D eigenvalue weighted by Crippen LogP contribution is -2.54. The zero-order chi connectivity index (χ0) is 24.0. The Morgan fingerprint density at radius 2 is 2.06 bits per heavy atom. The summed E-state index contributed by atoms with van der Waals surface area (Å²) in [7, 11) is 3.29. The fourth-order valence-corrected chi connectivity index (χ4v) is 4.56. The van der Waals surface area contributed by atoms with Crippen molar-refractivity contribution >= 4 is 22.5 Å². The Morgan fingerprint density at radius 3 is 2.74 bits per heavy atom. The Labute approximate surface area is 195 Å². The van der Waals surface area contributed by atoms with Crippen LogP contribution in [0.25, 0.3) is 33.4 Å². The number of fused-ring (bicyclic) bond motifs is 1. The van der Waals surface area contributed by atoms with Gasteiger partial charge in [-0.2, -0.15) is 10.2 Å². The molecule has 1 aromatic carbocycles. The molecule has 10 heteroatoms. The minimum atomic E-state index is -0.544. The number of H-pyrrole nitrogens is 1. The number of amides is 1. The lowest BCUT2D eigenvalue weighted by Gasteiger charge is -2.45. The molecule has 2 N–H and O–H groups in total. The maximum atomic E-state index is 15.3. The molecule has 4 heterocycles. The third-order valence-electron chi connectivity index (χ3n) is 5.91. The number of aryl methyl sites for hydroxylation is 1. The normalized spacial score (nSPS) is 15.3. The number of rotatable bonds is 6. The van der Waals surface area contributed by atoms with Crippen molar-refractivity contribution in [3.8, 4) is 28.3 Å². The molecule has 0 saturated carbocycles. The Bertz CT molecular complexity index is 1380. The summed E-state index contributed by atoms with van der Waals surface area (Å²) in [6, 6.07) is 4.67. The van der Waals surface area contributed by atoms with Crippen molar-refractivity contribution in [3.05, 3.63) is 42.6 Å². The van der Waals surface area contributed by atoms with Crippen LogP contribution in [0.4, 0.5) is 10.1 Å². The molecule has 1 amide bonds. The van der Waals surface area contributed by atoms with Gasteiger partial charge in [0.1, 0.15) is 17.3 Å². The van der Waals surface area contributed by atoms with E-state index in [0.29, 0.717) is 17.1 Å². The number of aromatic nitrogens is 5. The van der Waals surface area contributed by atoms with Gasteiger partial charge in [-0.1, -0.05) is 13.8 Å². The van der Waals surface area contributed by atoms with Crippen LogP contribution in [0.15, 0.2) is 36.8 Å². The molecule has 0 atom stereocenters. The molecule has 0 radical (unpaired) electrons. The Hall–Kier alpha value is -3.79. The van der Waals surface area contributed by atoms with E-state index in [1.54, 1.807) is 29.2 Å². The van der Waals surface area contributed by atoms with Crippen LogP contribution in [0.5, 0.6) is 5.75 Å². The molecule has 1 saturated heterocycles. The number of carbonyl (C=O) groups excluding carboxylic acids is 1. The molecule has 4 aromatic rings. The number of nitrogens with zero attached hydrogens (tertiary/aromatic N) is 5. The number of carbonyl (C=O) groups is 1. The Balaban J connectivity index is 1.44. The van der Waals surface area contributed by atoms with Crippen molar-refractivity contribution in [2.24, 2.45) is 12.5 Å². The largest absolute Gasteiger partial charge is 0.496 e. The number of anilines is 1. The number of likely N-dealkylation sites (tertiary alicyclic amines) is 1. The van der Waals surface area contributed by atoms with Crippen LogP contribution >= 0.6 is 0 Å². The van der Waals surface area contributed by atoms with Gasteiger partial charge in [-0.3, -0.25) is 24.5 Å². The minimum absolute atomic E-state index is 0.191. The van der Waals surface area contributed by atoms with Gasteiger partial charge in [-0.05, 0) is 17.5 Å². The summed E-state index contributed by atoms with van der Waals surface area (Å²) in [6.45, 7) is 6.31. The first kappa shape index (κ1) is 22.0. The van der Waals surface area contributed by atoms with E-state index in [4.69, 9.17) is 4.74 Å². The van der Waals surface area contributed by atoms with Gasteiger partial charge >= 0.3 is 0 Å². The van der Waals surface area contributed by atoms with E-state index in [2.05, 4.69) is 44.3 Å². The van der Waals surface area contributed by atoms with Crippen molar-refractivity contribution in [2.45, 2.75) is 13.8 Å². The van der Waals surface area contributed by atoms with Crippen LogP contribution in [0.2, 0.25) is 0 Å². The van der Waals surface area contributed by atoms with Crippen LogP contribution in [-0.2, 0) is 11.8 Å². The average Bonchev–Trinajstić information content (AvgIpc) is 3.37. The maximum Gasteiger partial charge on any atom is 0.238 e. The van der Waals surface area contributed by atoms with Gasteiger partial charge in [0.2, 0.25) is 5.91 Å². The highest BCUT2D eigenvalue weighted by molar-refractivity contribution is 5.95. The summed E-state index contributed by atoms with van der Waals surface area (Å²) in [6.07, 6.45) is 5.19. The SMILES string of the molecule is COc1cc(NC(=O)CN2CC(C)(C)C2)cc(F)c1-c1cc2c(-c3cnn(C)c3)n[nH]c2cn1. The molecule has 1 aliphatic rings. The molecule has 34 heavy (non-hydrogen) atoms. The molecule has 0 unspecified atom stereocenters. The van der Waals surface area contributed by atoms with Crippen LogP contribution in [-0.4, -0.2) is 62.5 Å². The fourth-order valence-electron chi connectivity index (χ4n) is 4.56. The third-order valence-corrected chi connectivity index (χ3v) is 5.91. The molecule has 0 aliphatic carbocycles. The number of hydrogen-bond donors (Lipinski definition) is 2. The predicted octanol–water partition coefficient (Wildman–Crippen LogP) is 3.45. The van der Waals surface area contributed by atoms with E-state index in [9.17, 15) is 4.79 Å². The lowest BCUT2D eigenvalue weighted by atomic mass is 9.84. The number of pyridine rings is 1. The monoisotopic (exact) mass is 463 g/mol. The van der Waals surface area contributed by atoms with Crippen molar-refractivity contribution in [1.82, 2.24) is 29.9 Å². The van der Waals surface area contributed by atoms with Gasteiger partial charge in [0, 0.05) is 49.0 Å².